The molecule has 0 aliphatic rings. The van der Waals surface area contributed by atoms with Crippen LogP contribution >= 0.6 is 23.2 Å². The predicted molar refractivity (Wildman–Crippen MR) is 113 cm³/mol. The molecule has 4 aromatic rings. The fraction of sp³-hybridized carbons (Fsp3) is 0.0909. The van der Waals surface area contributed by atoms with Gasteiger partial charge in [-0.1, -0.05) is 65.7 Å². The van der Waals surface area contributed by atoms with Crippen LogP contribution in [0.25, 0.3) is 11.0 Å². The lowest BCUT2D eigenvalue weighted by Gasteiger charge is -2.05. The van der Waals surface area contributed by atoms with Crippen molar-refractivity contribution in [3.63, 3.8) is 0 Å². The number of amides is 1. The van der Waals surface area contributed by atoms with Gasteiger partial charge in [0.25, 0.3) is 5.91 Å². The Bertz CT molecular complexity index is 1140. The molecule has 0 aliphatic heterocycles. The third-order valence-corrected chi connectivity index (χ3v) is 5.23. The maximum Gasteiger partial charge on any atom is 0.266 e. The first-order chi connectivity index (χ1) is 13.6. The summed E-state index contributed by atoms with van der Waals surface area (Å²) in [6.45, 7) is 0.936. The summed E-state index contributed by atoms with van der Waals surface area (Å²) < 4.78 is 4.10. The number of carbonyl (C=O) groups is 1. The van der Waals surface area contributed by atoms with E-state index in [0.717, 1.165) is 17.6 Å². The SMILES string of the molecule is O=C(Cn1c[n+](Cc2ccccc2)c2ccccc21)Nc1ccc(Cl)c(Cl)c1. The van der Waals surface area contributed by atoms with Crippen molar-refractivity contribution in [1.82, 2.24) is 4.57 Å². The van der Waals surface area contributed by atoms with Gasteiger partial charge in [-0.05, 0) is 35.9 Å². The summed E-state index contributed by atoms with van der Waals surface area (Å²) in [5.41, 5.74) is 3.90. The lowest BCUT2D eigenvalue weighted by molar-refractivity contribution is -0.663. The van der Waals surface area contributed by atoms with Gasteiger partial charge >= 0.3 is 0 Å². The van der Waals surface area contributed by atoms with Gasteiger partial charge in [0.1, 0.15) is 6.54 Å². The summed E-state index contributed by atoms with van der Waals surface area (Å²) in [5.74, 6) is -0.133. The summed E-state index contributed by atoms with van der Waals surface area (Å²) in [6.07, 6.45) is 1.98. The monoisotopic (exact) mass is 410 g/mol. The zero-order valence-corrected chi connectivity index (χ0v) is 16.5. The van der Waals surface area contributed by atoms with Crippen LogP contribution < -0.4 is 9.88 Å². The smallest absolute Gasteiger partial charge is 0.266 e. The predicted octanol–water partition coefficient (Wildman–Crippen LogP) is 4.92. The van der Waals surface area contributed by atoms with Crippen molar-refractivity contribution in [2.24, 2.45) is 0 Å². The number of aromatic nitrogens is 2. The summed E-state index contributed by atoms with van der Waals surface area (Å²) in [4.78, 5) is 12.6. The molecule has 0 saturated carbocycles. The van der Waals surface area contributed by atoms with Crippen LogP contribution in [0.5, 0.6) is 0 Å². The van der Waals surface area contributed by atoms with Crippen molar-refractivity contribution in [3.8, 4) is 0 Å². The molecule has 0 aliphatic carbocycles. The summed E-state index contributed by atoms with van der Waals surface area (Å²) >= 11 is 12.0. The Balaban J connectivity index is 1.58. The van der Waals surface area contributed by atoms with E-state index in [1.807, 2.05) is 47.3 Å². The number of anilines is 1. The summed E-state index contributed by atoms with van der Waals surface area (Å²) in [7, 11) is 0. The second kappa shape index (κ2) is 8.05. The molecule has 0 fully saturated rings. The number of imidazole rings is 1. The van der Waals surface area contributed by atoms with Gasteiger partial charge in [0, 0.05) is 5.69 Å². The quantitative estimate of drug-likeness (QED) is 0.465. The zero-order valence-electron chi connectivity index (χ0n) is 15.0. The average Bonchev–Trinajstić information content (AvgIpc) is 3.03. The minimum Gasteiger partial charge on any atom is -0.323 e. The van der Waals surface area contributed by atoms with E-state index in [1.54, 1.807) is 18.2 Å². The van der Waals surface area contributed by atoms with Gasteiger partial charge in [0.2, 0.25) is 6.33 Å². The van der Waals surface area contributed by atoms with Crippen LogP contribution in [0.2, 0.25) is 10.0 Å². The Labute approximate surface area is 172 Å². The van der Waals surface area contributed by atoms with Crippen LogP contribution in [0.15, 0.2) is 79.1 Å². The number of halogens is 2. The van der Waals surface area contributed by atoms with E-state index in [1.165, 1.54) is 5.56 Å². The van der Waals surface area contributed by atoms with E-state index in [2.05, 4.69) is 28.1 Å². The topological polar surface area (TPSA) is 37.9 Å². The first-order valence-corrected chi connectivity index (χ1v) is 9.62. The summed E-state index contributed by atoms with van der Waals surface area (Å²) in [5, 5.41) is 3.74. The number of fused-ring (bicyclic) bond motifs is 1. The summed E-state index contributed by atoms with van der Waals surface area (Å²) in [6, 6.07) is 23.3. The van der Waals surface area contributed by atoms with Gasteiger partial charge in [-0.15, -0.1) is 0 Å². The molecule has 6 heteroatoms. The van der Waals surface area contributed by atoms with Crippen molar-refractivity contribution in [2.75, 3.05) is 5.32 Å². The molecule has 28 heavy (non-hydrogen) atoms. The van der Waals surface area contributed by atoms with Gasteiger partial charge in [-0.2, -0.15) is 0 Å². The lowest BCUT2D eigenvalue weighted by atomic mass is 10.2. The Morgan fingerprint density at radius 1 is 0.929 bits per heavy atom. The van der Waals surface area contributed by atoms with E-state index < -0.39 is 0 Å². The number of carbonyl (C=O) groups excluding carboxylic acids is 1. The highest BCUT2D eigenvalue weighted by Gasteiger charge is 2.18. The maximum absolute atomic E-state index is 12.6. The molecule has 0 radical (unpaired) electrons. The van der Waals surface area contributed by atoms with E-state index in [9.17, 15) is 4.79 Å². The van der Waals surface area contributed by atoms with Crippen molar-refractivity contribution < 1.29 is 9.36 Å². The fourth-order valence-corrected chi connectivity index (χ4v) is 3.50. The zero-order chi connectivity index (χ0) is 19.5. The number of nitrogens with one attached hydrogen (secondary N) is 1. The van der Waals surface area contributed by atoms with Crippen molar-refractivity contribution in [3.05, 3.63) is 94.7 Å². The van der Waals surface area contributed by atoms with Crippen LogP contribution in [-0.4, -0.2) is 10.5 Å². The first kappa shape index (κ1) is 18.5. The Kier molecular flexibility index (Phi) is 5.33. The number of nitrogens with zero attached hydrogens (tertiary/aromatic N) is 2. The number of hydrogen-bond acceptors (Lipinski definition) is 1. The molecule has 1 amide bonds. The molecule has 0 unspecified atom stereocenters. The molecule has 1 heterocycles. The molecule has 4 rings (SSSR count). The van der Waals surface area contributed by atoms with E-state index in [4.69, 9.17) is 23.2 Å². The highest BCUT2D eigenvalue weighted by molar-refractivity contribution is 6.42. The fourth-order valence-electron chi connectivity index (χ4n) is 3.20. The molecule has 0 saturated heterocycles. The Morgan fingerprint density at radius 3 is 2.46 bits per heavy atom. The Morgan fingerprint density at radius 2 is 1.68 bits per heavy atom. The van der Waals surface area contributed by atoms with Gasteiger partial charge in [0.15, 0.2) is 17.6 Å². The van der Waals surface area contributed by atoms with E-state index in [0.29, 0.717) is 15.7 Å². The second-order valence-corrected chi connectivity index (χ2v) is 7.34. The van der Waals surface area contributed by atoms with Gasteiger partial charge in [-0.3, -0.25) is 4.79 Å². The number of hydrogen-bond donors (Lipinski definition) is 1. The van der Waals surface area contributed by atoms with E-state index in [-0.39, 0.29) is 12.5 Å². The van der Waals surface area contributed by atoms with Crippen molar-refractivity contribution in [2.45, 2.75) is 13.1 Å². The molecule has 1 N–H and O–H groups in total. The molecule has 0 atom stereocenters. The molecule has 1 aromatic heterocycles. The molecule has 4 nitrogen and oxygen atoms in total. The second-order valence-electron chi connectivity index (χ2n) is 6.52. The first-order valence-electron chi connectivity index (χ1n) is 8.86. The normalized spacial score (nSPS) is 10.9. The van der Waals surface area contributed by atoms with Crippen LogP contribution in [0, 0.1) is 0 Å². The number of rotatable bonds is 5. The van der Waals surface area contributed by atoms with Gasteiger partial charge in [0.05, 0.1) is 10.0 Å². The molecular weight excluding hydrogens is 393 g/mol. The third-order valence-electron chi connectivity index (χ3n) is 4.49. The van der Waals surface area contributed by atoms with Crippen molar-refractivity contribution >= 4 is 45.8 Å². The largest absolute Gasteiger partial charge is 0.323 e. The minimum atomic E-state index is -0.133. The molecule has 3 aromatic carbocycles. The van der Waals surface area contributed by atoms with Crippen LogP contribution in [0.4, 0.5) is 5.69 Å². The third kappa shape index (κ3) is 4.03. The van der Waals surface area contributed by atoms with Gasteiger partial charge < -0.3 is 5.32 Å². The average molecular weight is 411 g/mol. The number of para-hydroxylation sites is 2. The lowest BCUT2D eigenvalue weighted by Crippen LogP contribution is -2.33. The van der Waals surface area contributed by atoms with Crippen molar-refractivity contribution in [1.29, 1.82) is 0 Å². The molecule has 140 valence electrons. The van der Waals surface area contributed by atoms with Crippen LogP contribution in [-0.2, 0) is 17.9 Å². The molecule has 0 spiro atoms. The number of benzene rings is 3. The highest BCUT2D eigenvalue weighted by atomic mass is 35.5. The van der Waals surface area contributed by atoms with Gasteiger partial charge in [-0.25, -0.2) is 9.13 Å². The maximum atomic E-state index is 12.6. The minimum absolute atomic E-state index is 0.133. The van der Waals surface area contributed by atoms with E-state index >= 15 is 0 Å². The Hall–Kier alpha value is -2.82. The highest BCUT2D eigenvalue weighted by Crippen LogP contribution is 2.25. The van der Waals surface area contributed by atoms with Crippen LogP contribution in [0.3, 0.4) is 0 Å². The molecule has 0 bridgehead atoms. The van der Waals surface area contributed by atoms with Crippen LogP contribution in [0.1, 0.15) is 5.56 Å². The molecular formula is C22H18Cl2N3O+. The standard InChI is InChI=1S/C22H17Cl2N3O/c23-18-11-10-17(12-19(18)24)25-22(28)14-27-15-26(13-16-6-2-1-3-7-16)20-8-4-5-9-21(20)27/h1-12,15H,13-14H2/p+1.